The van der Waals surface area contributed by atoms with Crippen LogP contribution in [0.3, 0.4) is 0 Å². The molecule has 7 heteroatoms. The SMILES string of the molecule is CCN/C=C1\C(=O)O[C@H](COC)[C@]2(C)C3=C(C(=O)C(O)=C12)[C@@H]1CC[C@H](O)[C@@]1(C)CC3. The quantitative estimate of drug-likeness (QED) is 0.476. The summed E-state index contributed by atoms with van der Waals surface area (Å²) < 4.78 is 11.1. The highest BCUT2D eigenvalue weighted by molar-refractivity contribution is 6.12. The molecule has 30 heavy (non-hydrogen) atoms. The monoisotopic (exact) mass is 417 g/mol. The minimum atomic E-state index is -0.868. The molecule has 1 heterocycles. The van der Waals surface area contributed by atoms with Gasteiger partial charge in [-0.2, -0.15) is 0 Å². The number of ether oxygens (including phenoxy) is 2. The third-order valence-corrected chi connectivity index (χ3v) is 7.87. The maximum Gasteiger partial charge on any atom is 0.340 e. The van der Waals surface area contributed by atoms with Crippen molar-refractivity contribution < 1.29 is 29.3 Å². The van der Waals surface area contributed by atoms with Crippen molar-refractivity contribution >= 4 is 11.8 Å². The number of carbonyl (C=O) groups is 2. The van der Waals surface area contributed by atoms with E-state index in [0.717, 1.165) is 12.0 Å². The summed E-state index contributed by atoms with van der Waals surface area (Å²) >= 11 is 0. The summed E-state index contributed by atoms with van der Waals surface area (Å²) in [6.07, 6.45) is 3.10. The fourth-order valence-electron chi connectivity index (χ4n) is 6.11. The number of allylic oxidation sites excluding steroid dienone is 1. The summed E-state index contributed by atoms with van der Waals surface area (Å²) in [7, 11) is 1.54. The van der Waals surface area contributed by atoms with E-state index in [1.165, 1.54) is 6.20 Å². The lowest BCUT2D eigenvalue weighted by atomic mass is 9.54. The van der Waals surface area contributed by atoms with Gasteiger partial charge in [-0.05, 0) is 51.0 Å². The van der Waals surface area contributed by atoms with E-state index in [1.54, 1.807) is 7.11 Å². The lowest BCUT2D eigenvalue weighted by Crippen LogP contribution is -2.53. The number of aliphatic hydroxyl groups excluding tert-OH is 2. The molecule has 0 unspecified atom stereocenters. The minimum Gasteiger partial charge on any atom is -0.504 e. The fourth-order valence-corrected chi connectivity index (χ4v) is 6.11. The van der Waals surface area contributed by atoms with E-state index in [4.69, 9.17) is 9.47 Å². The average molecular weight is 418 g/mol. The molecule has 4 rings (SSSR count). The van der Waals surface area contributed by atoms with E-state index < -0.39 is 29.4 Å². The number of methoxy groups -OCH3 is 1. The Labute approximate surface area is 176 Å². The van der Waals surface area contributed by atoms with Crippen molar-refractivity contribution in [1.29, 1.82) is 0 Å². The topological polar surface area (TPSA) is 105 Å². The molecule has 0 aromatic rings. The molecule has 2 fully saturated rings. The number of hydrogen-bond acceptors (Lipinski definition) is 7. The zero-order chi connectivity index (χ0) is 21.8. The Morgan fingerprint density at radius 1 is 1.30 bits per heavy atom. The summed E-state index contributed by atoms with van der Waals surface area (Å²) in [6.45, 7) is 6.61. The summed E-state index contributed by atoms with van der Waals surface area (Å²) in [5.41, 5.74) is 0.775. The number of cyclic esters (lactones) is 1. The van der Waals surface area contributed by atoms with Crippen LogP contribution in [0, 0.1) is 16.7 Å². The molecule has 0 amide bonds. The van der Waals surface area contributed by atoms with Gasteiger partial charge in [-0.15, -0.1) is 0 Å². The molecule has 164 valence electrons. The zero-order valence-corrected chi connectivity index (χ0v) is 18.1. The molecule has 1 aliphatic heterocycles. The molecule has 0 aromatic carbocycles. The second kappa shape index (κ2) is 7.24. The first-order valence-electron chi connectivity index (χ1n) is 10.8. The summed E-state index contributed by atoms with van der Waals surface area (Å²) in [5, 5.41) is 24.8. The van der Waals surface area contributed by atoms with Crippen LogP contribution in [0.15, 0.2) is 34.3 Å². The number of Topliss-reactive ketones (excluding diaryl/α,β-unsaturated/α-hetero) is 1. The standard InChI is InChI=1S/C23H31NO6/c1-5-24-10-12-18-20(27)19(26)17-13-6-7-15(25)22(13,2)9-8-14(17)23(18,3)16(11-29-4)30-21(12)28/h10,13,15-16,24-25,27H,5-9,11H2,1-4H3/b12-10-/t13-,15-,16+,22-,23-/m0/s1. The van der Waals surface area contributed by atoms with Gasteiger partial charge >= 0.3 is 5.97 Å². The minimum absolute atomic E-state index is 0.119. The van der Waals surface area contributed by atoms with Gasteiger partial charge in [0.2, 0.25) is 5.78 Å². The van der Waals surface area contributed by atoms with Crippen LogP contribution in [0.25, 0.3) is 0 Å². The zero-order valence-electron chi connectivity index (χ0n) is 18.1. The Kier molecular flexibility index (Phi) is 5.10. The summed E-state index contributed by atoms with van der Waals surface area (Å²) in [4.78, 5) is 26.2. The van der Waals surface area contributed by atoms with Crippen LogP contribution < -0.4 is 5.32 Å². The molecule has 3 N–H and O–H groups in total. The first-order chi connectivity index (χ1) is 14.2. The van der Waals surface area contributed by atoms with Crippen molar-refractivity contribution in [1.82, 2.24) is 5.32 Å². The Morgan fingerprint density at radius 3 is 2.70 bits per heavy atom. The number of nitrogens with one attached hydrogen (secondary N) is 1. The van der Waals surface area contributed by atoms with Crippen LogP contribution in [0.4, 0.5) is 0 Å². The third kappa shape index (κ3) is 2.64. The van der Waals surface area contributed by atoms with Gasteiger partial charge in [-0.25, -0.2) is 4.79 Å². The van der Waals surface area contributed by atoms with Gasteiger partial charge in [-0.3, -0.25) is 4.79 Å². The van der Waals surface area contributed by atoms with Gasteiger partial charge in [0.15, 0.2) is 5.76 Å². The molecule has 3 aliphatic carbocycles. The lowest BCUT2D eigenvalue weighted by Gasteiger charge is -2.52. The van der Waals surface area contributed by atoms with Crippen LogP contribution in [-0.2, 0) is 19.1 Å². The smallest absolute Gasteiger partial charge is 0.340 e. The number of esters is 1. The first-order valence-corrected chi connectivity index (χ1v) is 10.8. The van der Waals surface area contributed by atoms with Gasteiger partial charge in [0, 0.05) is 36.4 Å². The predicted molar refractivity (Wildman–Crippen MR) is 109 cm³/mol. The number of fused-ring (bicyclic) bond motifs is 4. The van der Waals surface area contributed by atoms with Crippen molar-refractivity contribution in [3.63, 3.8) is 0 Å². The van der Waals surface area contributed by atoms with Crippen molar-refractivity contribution in [3.8, 4) is 0 Å². The van der Waals surface area contributed by atoms with Crippen LogP contribution in [0.2, 0.25) is 0 Å². The van der Waals surface area contributed by atoms with E-state index in [-0.39, 0.29) is 29.3 Å². The van der Waals surface area contributed by atoms with Crippen molar-refractivity contribution in [3.05, 3.63) is 34.3 Å². The largest absolute Gasteiger partial charge is 0.504 e. The Hall–Kier alpha value is -2.12. The van der Waals surface area contributed by atoms with Gasteiger partial charge in [0.05, 0.1) is 23.7 Å². The molecular formula is C23H31NO6. The highest BCUT2D eigenvalue weighted by Crippen LogP contribution is 2.62. The van der Waals surface area contributed by atoms with E-state index in [0.29, 0.717) is 37.0 Å². The van der Waals surface area contributed by atoms with Gasteiger partial charge < -0.3 is 25.0 Å². The van der Waals surface area contributed by atoms with Gasteiger partial charge in [0.1, 0.15) is 6.10 Å². The van der Waals surface area contributed by atoms with Crippen LogP contribution in [0.1, 0.15) is 46.5 Å². The number of ketones is 1. The van der Waals surface area contributed by atoms with Crippen LogP contribution in [0.5, 0.6) is 0 Å². The number of carbonyl (C=O) groups excluding carboxylic acids is 2. The average Bonchev–Trinajstić information content (AvgIpc) is 3.01. The second-order valence-electron chi connectivity index (χ2n) is 9.26. The predicted octanol–water partition coefficient (Wildman–Crippen LogP) is 2.32. The molecule has 4 aliphatic rings. The maximum absolute atomic E-state index is 13.5. The summed E-state index contributed by atoms with van der Waals surface area (Å²) in [6, 6.07) is 0. The van der Waals surface area contributed by atoms with Crippen LogP contribution >= 0.6 is 0 Å². The van der Waals surface area contributed by atoms with Gasteiger partial charge in [0.25, 0.3) is 0 Å². The van der Waals surface area contributed by atoms with Crippen LogP contribution in [-0.4, -0.2) is 54.4 Å². The number of aliphatic hydroxyl groups is 2. The molecule has 0 spiro atoms. The molecule has 0 bridgehead atoms. The summed E-state index contributed by atoms with van der Waals surface area (Å²) in [5.74, 6) is -1.50. The Balaban J connectivity index is 1.93. The van der Waals surface area contributed by atoms with E-state index in [9.17, 15) is 19.8 Å². The number of rotatable bonds is 4. The van der Waals surface area contributed by atoms with E-state index in [1.807, 2.05) is 20.8 Å². The molecule has 0 aromatic heterocycles. The number of hydrogen-bond donors (Lipinski definition) is 3. The Morgan fingerprint density at radius 2 is 2.03 bits per heavy atom. The Bertz CT molecular complexity index is 886. The molecule has 1 saturated carbocycles. The second-order valence-corrected chi connectivity index (χ2v) is 9.26. The highest BCUT2D eigenvalue weighted by Gasteiger charge is 2.61. The third-order valence-electron chi connectivity index (χ3n) is 7.87. The van der Waals surface area contributed by atoms with E-state index >= 15 is 0 Å². The molecule has 5 atom stereocenters. The normalized spacial score (nSPS) is 39.6. The molecule has 0 radical (unpaired) electrons. The molecular weight excluding hydrogens is 386 g/mol. The van der Waals surface area contributed by atoms with E-state index in [2.05, 4.69) is 5.32 Å². The van der Waals surface area contributed by atoms with Crippen molar-refractivity contribution in [2.75, 3.05) is 20.3 Å². The fraction of sp³-hybridized carbons (Fsp3) is 0.652. The van der Waals surface area contributed by atoms with Crippen molar-refractivity contribution in [2.24, 2.45) is 16.7 Å². The first kappa shape index (κ1) is 21.1. The highest BCUT2D eigenvalue weighted by atomic mass is 16.6. The molecule has 7 nitrogen and oxygen atoms in total. The van der Waals surface area contributed by atoms with Gasteiger partial charge in [-0.1, -0.05) is 6.92 Å². The maximum atomic E-state index is 13.5. The lowest BCUT2D eigenvalue weighted by molar-refractivity contribution is -0.156. The molecule has 1 saturated heterocycles. The van der Waals surface area contributed by atoms with Crippen molar-refractivity contribution in [2.45, 2.75) is 58.7 Å².